The predicted molar refractivity (Wildman–Crippen MR) is 39.1 cm³/mol. The summed E-state index contributed by atoms with van der Waals surface area (Å²) in [4.78, 5) is 0. The van der Waals surface area contributed by atoms with Crippen LogP contribution >= 0.6 is 0 Å². The third-order valence-corrected chi connectivity index (χ3v) is 2.96. The summed E-state index contributed by atoms with van der Waals surface area (Å²) >= 11 is 0. The van der Waals surface area contributed by atoms with Gasteiger partial charge in [-0.2, -0.15) is 0 Å². The van der Waals surface area contributed by atoms with Crippen molar-refractivity contribution in [2.24, 2.45) is 17.8 Å². The van der Waals surface area contributed by atoms with Gasteiger partial charge in [-0.3, -0.25) is 0 Å². The Morgan fingerprint density at radius 1 is 1.44 bits per heavy atom. The van der Waals surface area contributed by atoms with E-state index in [1.54, 1.807) is 6.42 Å². The van der Waals surface area contributed by atoms with E-state index < -0.39 is 0 Å². The third-order valence-electron chi connectivity index (χ3n) is 2.96. The van der Waals surface area contributed by atoms with Crippen molar-refractivity contribution in [3.8, 4) is 0 Å². The molecule has 2 rings (SSSR count). The standard InChI is InChI=1S/C9H14/c1-2-3-7-4-5-8-6-9(7)8/h2,7-9H,1,3-6H2. The van der Waals surface area contributed by atoms with E-state index in [1.807, 2.05) is 0 Å². The van der Waals surface area contributed by atoms with E-state index in [0.717, 1.165) is 17.8 Å². The molecule has 50 valence electrons. The van der Waals surface area contributed by atoms with Gasteiger partial charge in [-0.1, -0.05) is 6.08 Å². The number of rotatable bonds is 2. The smallest absolute Gasteiger partial charge is 0.0322 e. The van der Waals surface area contributed by atoms with Gasteiger partial charge in [0.1, 0.15) is 0 Å². The van der Waals surface area contributed by atoms with Crippen LogP contribution in [-0.2, 0) is 0 Å². The highest BCUT2D eigenvalue weighted by atomic mass is 14.5. The van der Waals surface area contributed by atoms with Gasteiger partial charge in [0.15, 0.2) is 0 Å². The summed E-state index contributed by atoms with van der Waals surface area (Å²) in [5, 5.41) is 0. The lowest BCUT2D eigenvalue weighted by molar-refractivity contribution is 0.487. The lowest BCUT2D eigenvalue weighted by Crippen LogP contribution is -1.95. The molecule has 0 saturated heterocycles. The summed E-state index contributed by atoms with van der Waals surface area (Å²) in [5.41, 5.74) is 0. The molecule has 0 aliphatic heterocycles. The third kappa shape index (κ3) is 0.810. The monoisotopic (exact) mass is 122 g/mol. The summed E-state index contributed by atoms with van der Waals surface area (Å²) in [6.45, 7) is 3.78. The molecule has 3 unspecified atom stereocenters. The van der Waals surface area contributed by atoms with Crippen LogP contribution in [0.3, 0.4) is 0 Å². The van der Waals surface area contributed by atoms with Crippen molar-refractivity contribution in [2.45, 2.75) is 25.7 Å². The Bertz CT molecular complexity index is 126. The summed E-state index contributed by atoms with van der Waals surface area (Å²) < 4.78 is 0. The molecular weight excluding hydrogens is 108 g/mol. The maximum Gasteiger partial charge on any atom is -0.0322 e. The van der Waals surface area contributed by atoms with Crippen LogP contribution in [0.25, 0.3) is 0 Å². The maximum atomic E-state index is 3.78. The van der Waals surface area contributed by atoms with Gasteiger partial charge in [0.25, 0.3) is 0 Å². The molecule has 2 fully saturated rings. The molecule has 9 heavy (non-hydrogen) atoms. The van der Waals surface area contributed by atoms with Crippen LogP contribution < -0.4 is 0 Å². The van der Waals surface area contributed by atoms with Crippen molar-refractivity contribution in [3.05, 3.63) is 12.7 Å². The molecule has 2 aliphatic rings. The minimum atomic E-state index is 1.03. The molecule has 2 aliphatic carbocycles. The molecular formula is C9H14. The Morgan fingerprint density at radius 3 is 2.78 bits per heavy atom. The Balaban J connectivity index is 1.90. The Morgan fingerprint density at radius 2 is 2.33 bits per heavy atom. The first-order valence-electron chi connectivity index (χ1n) is 4.02. The van der Waals surface area contributed by atoms with Gasteiger partial charge in [0, 0.05) is 0 Å². The van der Waals surface area contributed by atoms with Gasteiger partial charge in [0.2, 0.25) is 0 Å². The fourth-order valence-electron chi connectivity index (χ4n) is 2.33. The predicted octanol–water partition coefficient (Wildman–Crippen LogP) is 2.61. The molecule has 0 aromatic carbocycles. The van der Waals surface area contributed by atoms with E-state index in [9.17, 15) is 0 Å². The maximum absolute atomic E-state index is 3.78. The van der Waals surface area contributed by atoms with Crippen LogP contribution in [0, 0.1) is 17.8 Å². The van der Waals surface area contributed by atoms with Gasteiger partial charge >= 0.3 is 0 Å². The Kier molecular flexibility index (Phi) is 1.14. The highest BCUT2D eigenvalue weighted by Crippen LogP contribution is 2.56. The van der Waals surface area contributed by atoms with E-state index >= 15 is 0 Å². The molecule has 0 amide bonds. The molecule has 0 radical (unpaired) electrons. The zero-order chi connectivity index (χ0) is 6.27. The van der Waals surface area contributed by atoms with E-state index in [4.69, 9.17) is 0 Å². The fraction of sp³-hybridized carbons (Fsp3) is 0.778. The largest absolute Gasteiger partial charge is 0.103 e. The highest BCUT2D eigenvalue weighted by molar-refractivity contribution is 4.99. The first-order chi connectivity index (χ1) is 4.42. The normalized spacial score (nSPS) is 46.4. The zero-order valence-electron chi connectivity index (χ0n) is 5.84. The highest BCUT2D eigenvalue weighted by Gasteiger charge is 2.46. The molecule has 0 bridgehead atoms. The molecule has 0 heterocycles. The molecule has 3 atom stereocenters. The van der Waals surface area contributed by atoms with Gasteiger partial charge < -0.3 is 0 Å². The molecule has 0 spiro atoms. The molecule has 0 heteroatoms. The van der Waals surface area contributed by atoms with Crippen molar-refractivity contribution in [1.82, 2.24) is 0 Å². The van der Waals surface area contributed by atoms with E-state index in [1.165, 1.54) is 19.3 Å². The molecule has 0 aromatic heterocycles. The van der Waals surface area contributed by atoms with Crippen molar-refractivity contribution < 1.29 is 0 Å². The minimum absolute atomic E-state index is 1.03. The first kappa shape index (κ1) is 5.52. The SMILES string of the molecule is C=CCC1CCC2CC12. The van der Waals surface area contributed by atoms with Gasteiger partial charge in [-0.15, -0.1) is 6.58 Å². The number of hydrogen-bond donors (Lipinski definition) is 0. The van der Waals surface area contributed by atoms with Crippen LogP contribution in [0.2, 0.25) is 0 Å². The van der Waals surface area contributed by atoms with Crippen LogP contribution in [0.4, 0.5) is 0 Å². The summed E-state index contributed by atoms with van der Waals surface area (Å²) in [7, 11) is 0. The van der Waals surface area contributed by atoms with Crippen molar-refractivity contribution in [1.29, 1.82) is 0 Å². The average molecular weight is 122 g/mol. The number of fused-ring (bicyclic) bond motifs is 1. The minimum Gasteiger partial charge on any atom is -0.103 e. The van der Waals surface area contributed by atoms with Crippen LogP contribution in [0.1, 0.15) is 25.7 Å². The Labute approximate surface area is 57.0 Å². The second-order valence-corrected chi connectivity index (χ2v) is 3.52. The van der Waals surface area contributed by atoms with Crippen molar-refractivity contribution in [3.63, 3.8) is 0 Å². The fourth-order valence-corrected chi connectivity index (χ4v) is 2.33. The zero-order valence-corrected chi connectivity index (χ0v) is 5.84. The van der Waals surface area contributed by atoms with E-state index in [-0.39, 0.29) is 0 Å². The summed E-state index contributed by atoms with van der Waals surface area (Å²) in [5.74, 6) is 3.31. The van der Waals surface area contributed by atoms with E-state index in [2.05, 4.69) is 12.7 Å². The second-order valence-electron chi connectivity index (χ2n) is 3.52. The van der Waals surface area contributed by atoms with Crippen molar-refractivity contribution in [2.75, 3.05) is 0 Å². The van der Waals surface area contributed by atoms with Gasteiger partial charge in [0.05, 0.1) is 0 Å². The van der Waals surface area contributed by atoms with Crippen LogP contribution in [0.5, 0.6) is 0 Å². The van der Waals surface area contributed by atoms with Gasteiger partial charge in [-0.25, -0.2) is 0 Å². The second kappa shape index (κ2) is 1.86. The summed E-state index contributed by atoms with van der Waals surface area (Å²) in [6.07, 6.45) is 7.91. The Hall–Kier alpha value is -0.260. The van der Waals surface area contributed by atoms with Gasteiger partial charge in [-0.05, 0) is 43.4 Å². The lowest BCUT2D eigenvalue weighted by Gasteiger charge is -2.05. The quantitative estimate of drug-likeness (QED) is 0.494. The van der Waals surface area contributed by atoms with E-state index in [0.29, 0.717) is 0 Å². The van der Waals surface area contributed by atoms with Crippen LogP contribution in [0.15, 0.2) is 12.7 Å². The molecule has 0 aromatic rings. The lowest BCUT2D eigenvalue weighted by atomic mass is 10.00. The average Bonchev–Trinajstić information content (AvgIpc) is 2.54. The van der Waals surface area contributed by atoms with Crippen LogP contribution in [-0.4, -0.2) is 0 Å². The molecule has 0 N–H and O–H groups in total. The number of hydrogen-bond acceptors (Lipinski definition) is 0. The molecule has 0 nitrogen and oxygen atoms in total. The molecule has 2 saturated carbocycles. The van der Waals surface area contributed by atoms with Crippen molar-refractivity contribution >= 4 is 0 Å². The topological polar surface area (TPSA) is 0 Å². The summed E-state index contributed by atoms with van der Waals surface area (Å²) in [6, 6.07) is 0. The number of allylic oxidation sites excluding steroid dienone is 1. The first-order valence-corrected chi connectivity index (χ1v) is 4.02.